The molecule has 0 radical (unpaired) electrons. The molecule has 0 saturated carbocycles. The van der Waals surface area contributed by atoms with Gasteiger partial charge in [0.2, 0.25) is 0 Å². The average molecular weight is 577 g/mol. The molecule has 0 bridgehead atoms. The molecule has 0 fully saturated rings. The summed E-state index contributed by atoms with van der Waals surface area (Å²) in [5, 5.41) is 5.13. The number of benzene rings is 2. The maximum absolute atomic E-state index is 4.16. The van der Waals surface area contributed by atoms with Crippen LogP contribution in [0.1, 0.15) is 11.8 Å². The number of aromatic nitrogens is 2. The Morgan fingerprint density at radius 1 is 0.692 bits per heavy atom. The molecule has 5 heterocycles. The number of nitrogens with zero attached hydrogens (tertiary/aromatic N) is 4. The Hall–Kier alpha value is -3.82. The topological polar surface area (TPSA) is 50.5 Å². The Balaban J connectivity index is 1.22. The smallest absolute Gasteiger partial charge is 0.115 e. The van der Waals surface area contributed by atoms with Gasteiger partial charge in [-0.25, -0.2) is 15.0 Å². The molecule has 4 nitrogen and oxygen atoms in total. The number of allylic oxidation sites excluding steroid dienone is 1. The summed E-state index contributed by atoms with van der Waals surface area (Å²) in [6.07, 6.45) is 8.59. The first-order chi connectivity index (χ1) is 19.1. The zero-order valence-corrected chi connectivity index (χ0v) is 24.1. The largest absolute Gasteiger partial charge is 0.253 e. The summed E-state index contributed by atoms with van der Waals surface area (Å²) in [5.74, 6) is 0. The Labute approximate surface area is 241 Å². The molecule has 0 aliphatic carbocycles. The van der Waals surface area contributed by atoms with Gasteiger partial charge in [0.25, 0.3) is 0 Å². The number of rotatable bonds is 6. The fraction of sp³-hybridized carbons (Fsp3) is 0.0323. The van der Waals surface area contributed by atoms with Crippen molar-refractivity contribution in [1.82, 2.24) is 9.97 Å². The average Bonchev–Trinajstić information content (AvgIpc) is 3.76. The van der Waals surface area contributed by atoms with Gasteiger partial charge in [-0.1, -0.05) is 0 Å². The molecule has 7 aromatic rings. The summed E-state index contributed by atoms with van der Waals surface area (Å²) in [4.78, 5) is 23.7. The summed E-state index contributed by atoms with van der Waals surface area (Å²) in [6.45, 7) is 5.50. The molecule has 5 aromatic heterocycles. The third-order valence-corrected chi connectivity index (χ3v) is 11.4. The molecule has 188 valence electrons. The van der Waals surface area contributed by atoms with E-state index in [2.05, 4.69) is 94.3 Å². The van der Waals surface area contributed by atoms with Crippen molar-refractivity contribution in [2.24, 2.45) is 9.98 Å². The molecular weight excluding hydrogens is 557 g/mol. The highest BCUT2D eigenvalue weighted by Crippen LogP contribution is 2.43. The minimum absolute atomic E-state index is 1.06. The van der Waals surface area contributed by atoms with Crippen LogP contribution >= 0.6 is 45.3 Å². The van der Waals surface area contributed by atoms with Gasteiger partial charge in [0.1, 0.15) is 12.7 Å². The van der Waals surface area contributed by atoms with E-state index < -0.39 is 0 Å². The standard InChI is InChI=1S/C31H20N4S4/c1-18(13-33-16-32-2)24-3-5-26(36-24)30-11-21-7-19-10-29-22(8-20(19)9-28(21)38-30)12-31(39-29)27-6-4-25(37-27)23-14-34-17-35-15-23/h3-17H,2H2,1H3/b18-13+,33-16-. The van der Waals surface area contributed by atoms with Crippen LogP contribution in [0.4, 0.5) is 0 Å². The van der Waals surface area contributed by atoms with E-state index in [0.717, 1.165) is 11.1 Å². The second-order valence-corrected chi connectivity index (χ2v) is 13.4. The summed E-state index contributed by atoms with van der Waals surface area (Å²) >= 11 is 7.28. The predicted molar refractivity (Wildman–Crippen MR) is 174 cm³/mol. The van der Waals surface area contributed by atoms with Crippen LogP contribution in [0.15, 0.2) is 95.6 Å². The molecular formula is C31H20N4S4. The van der Waals surface area contributed by atoms with Crippen molar-refractivity contribution in [3.8, 4) is 29.9 Å². The van der Waals surface area contributed by atoms with E-state index in [1.807, 2.05) is 41.3 Å². The van der Waals surface area contributed by atoms with E-state index >= 15 is 0 Å². The number of hydrogen-bond acceptors (Lipinski definition) is 7. The van der Waals surface area contributed by atoms with Crippen molar-refractivity contribution in [1.29, 1.82) is 0 Å². The normalized spacial score (nSPS) is 12.4. The third kappa shape index (κ3) is 4.66. The first-order valence-electron chi connectivity index (χ1n) is 12.2. The van der Waals surface area contributed by atoms with E-state index in [1.165, 1.54) is 66.5 Å². The van der Waals surface area contributed by atoms with Crippen LogP contribution in [0.3, 0.4) is 0 Å². The van der Waals surface area contributed by atoms with Gasteiger partial charge < -0.3 is 0 Å². The van der Waals surface area contributed by atoms with Crippen LogP contribution in [-0.4, -0.2) is 23.0 Å². The number of fused-ring (bicyclic) bond motifs is 3. The molecule has 0 saturated heterocycles. The van der Waals surface area contributed by atoms with Crippen LogP contribution in [0.5, 0.6) is 0 Å². The second kappa shape index (κ2) is 10.1. The molecule has 0 aliphatic rings. The predicted octanol–water partition coefficient (Wildman–Crippen LogP) is 10.3. The highest BCUT2D eigenvalue weighted by molar-refractivity contribution is 7.27. The van der Waals surface area contributed by atoms with E-state index in [1.54, 1.807) is 29.0 Å². The summed E-state index contributed by atoms with van der Waals surface area (Å²) in [7, 11) is 0. The Kier molecular flexibility index (Phi) is 6.25. The van der Waals surface area contributed by atoms with Gasteiger partial charge in [0, 0.05) is 62.8 Å². The van der Waals surface area contributed by atoms with Crippen molar-refractivity contribution in [3.05, 3.63) is 90.5 Å². The lowest BCUT2D eigenvalue weighted by Gasteiger charge is -1.99. The molecule has 0 N–H and O–H groups in total. The quantitative estimate of drug-likeness (QED) is 0.146. The molecule has 7 rings (SSSR count). The Morgan fingerprint density at radius 2 is 1.31 bits per heavy atom. The number of aliphatic imine (C=N–C) groups is 2. The van der Waals surface area contributed by atoms with Gasteiger partial charge in [-0.2, -0.15) is 0 Å². The van der Waals surface area contributed by atoms with Crippen molar-refractivity contribution in [2.75, 3.05) is 0 Å². The fourth-order valence-electron chi connectivity index (χ4n) is 4.56. The van der Waals surface area contributed by atoms with E-state index in [9.17, 15) is 0 Å². The zero-order chi connectivity index (χ0) is 26.3. The molecule has 0 atom stereocenters. The van der Waals surface area contributed by atoms with E-state index in [4.69, 9.17) is 0 Å². The van der Waals surface area contributed by atoms with Crippen molar-refractivity contribution >= 4 is 94.9 Å². The molecule has 0 amide bonds. The van der Waals surface area contributed by atoms with Gasteiger partial charge in [0.05, 0.1) is 0 Å². The van der Waals surface area contributed by atoms with Crippen molar-refractivity contribution < 1.29 is 0 Å². The zero-order valence-electron chi connectivity index (χ0n) is 20.8. The van der Waals surface area contributed by atoms with Crippen molar-refractivity contribution in [2.45, 2.75) is 6.92 Å². The monoisotopic (exact) mass is 576 g/mol. The van der Waals surface area contributed by atoms with Crippen LogP contribution < -0.4 is 0 Å². The molecule has 0 unspecified atom stereocenters. The highest BCUT2D eigenvalue weighted by atomic mass is 32.1. The summed E-state index contributed by atoms with van der Waals surface area (Å²) < 4.78 is 2.62. The van der Waals surface area contributed by atoms with Gasteiger partial charge >= 0.3 is 0 Å². The molecule has 2 aromatic carbocycles. The molecule has 39 heavy (non-hydrogen) atoms. The molecule has 8 heteroatoms. The fourth-order valence-corrected chi connectivity index (χ4v) is 8.86. The van der Waals surface area contributed by atoms with Gasteiger partial charge in [-0.15, -0.1) is 45.3 Å². The first-order valence-corrected chi connectivity index (χ1v) is 15.4. The first kappa shape index (κ1) is 24.2. The maximum atomic E-state index is 4.16. The Bertz CT molecular complexity index is 1980. The Morgan fingerprint density at radius 3 is 1.97 bits per heavy atom. The number of hydrogen-bond donors (Lipinski definition) is 0. The second-order valence-electron chi connectivity index (χ2n) is 9.06. The maximum Gasteiger partial charge on any atom is 0.115 e. The lowest BCUT2D eigenvalue weighted by atomic mass is 10.1. The molecule has 0 aliphatic heterocycles. The third-order valence-electron chi connectivity index (χ3n) is 6.46. The molecule has 0 spiro atoms. The van der Waals surface area contributed by atoms with Gasteiger partial charge in [0.15, 0.2) is 0 Å². The van der Waals surface area contributed by atoms with E-state index in [0.29, 0.717) is 0 Å². The van der Waals surface area contributed by atoms with Crippen molar-refractivity contribution in [3.63, 3.8) is 0 Å². The minimum atomic E-state index is 1.06. The lowest BCUT2D eigenvalue weighted by molar-refractivity contribution is 1.17. The summed E-state index contributed by atoms with van der Waals surface area (Å²) in [6, 6.07) is 22.7. The lowest BCUT2D eigenvalue weighted by Crippen LogP contribution is -1.77. The van der Waals surface area contributed by atoms with E-state index in [-0.39, 0.29) is 0 Å². The SMILES string of the molecule is C=N/C=N\C=C(/C)c1ccc(-c2cc3cc4cc5sc(-c6ccc(-c7cncnc7)s6)cc5cc4cc3s2)s1. The summed E-state index contributed by atoms with van der Waals surface area (Å²) in [5.41, 5.74) is 2.17. The number of thiophene rings is 4. The highest BCUT2D eigenvalue weighted by Gasteiger charge is 2.12. The van der Waals surface area contributed by atoms with Crippen LogP contribution in [-0.2, 0) is 0 Å². The minimum Gasteiger partial charge on any atom is -0.253 e. The van der Waals surface area contributed by atoms with Gasteiger partial charge in [-0.3, -0.25) is 4.99 Å². The van der Waals surface area contributed by atoms with Crippen LogP contribution in [0.25, 0.3) is 66.5 Å². The van der Waals surface area contributed by atoms with Gasteiger partial charge in [-0.05, 0) is 101 Å². The van der Waals surface area contributed by atoms with Crippen LogP contribution in [0, 0.1) is 0 Å². The van der Waals surface area contributed by atoms with Crippen LogP contribution in [0.2, 0.25) is 0 Å².